The van der Waals surface area contributed by atoms with Gasteiger partial charge >= 0.3 is 0 Å². The third-order valence-corrected chi connectivity index (χ3v) is 4.50. The van der Waals surface area contributed by atoms with Crippen LogP contribution in [0.1, 0.15) is 23.8 Å². The Bertz CT molecular complexity index is 348. The average Bonchev–Trinajstić information content (AvgIpc) is 2.65. The van der Waals surface area contributed by atoms with E-state index in [-0.39, 0.29) is 6.04 Å². The molecule has 1 atom stereocenters. The molecule has 0 aromatic carbocycles. The molecule has 1 unspecified atom stereocenters. The van der Waals surface area contributed by atoms with Crippen molar-refractivity contribution in [3.8, 4) is 0 Å². The number of ether oxygens (including phenoxy) is 1. The minimum atomic E-state index is -0.0674. The van der Waals surface area contributed by atoms with Crippen LogP contribution in [0.3, 0.4) is 0 Å². The van der Waals surface area contributed by atoms with E-state index in [4.69, 9.17) is 10.5 Å². The van der Waals surface area contributed by atoms with Crippen molar-refractivity contribution in [2.75, 3.05) is 6.61 Å². The lowest BCUT2D eigenvalue weighted by Gasteiger charge is -2.20. The molecule has 76 valence electrons. The molecule has 1 aliphatic heterocycles. The van der Waals surface area contributed by atoms with E-state index in [1.165, 1.54) is 8.45 Å². The number of rotatable bonds is 2. The lowest BCUT2D eigenvalue weighted by molar-refractivity contribution is 0.176. The fourth-order valence-electron chi connectivity index (χ4n) is 1.45. The van der Waals surface area contributed by atoms with Gasteiger partial charge in [-0.25, -0.2) is 0 Å². The Morgan fingerprint density at radius 2 is 2.43 bits per heavy atom. The molecule has 4 heteroatoms. The zero-order valence-electron chi connectivity index (χ0n) is 7.70. The van der Waals surface area contributed by atoms with Crippen molar-refractivity contribution in [1.29, 1.82) is 0 Å². The van der Waals surface area contributed by atoms with Crippen LogP contribution in [-0.2, 0) is 4.74 Å². The Morgan fingerprint density at radius 1 is 1.57 bits per heavy atom. The first kappa shape index (κ1) is 10.4. The summed E-state index contributed by atoms with van der Waals surface area (Å²) in [5.41, 5.74) is 6.13. The number of halogens is 1. The van der Waals surface area contributed by atoms with Crippen molar-refractivity contribution in [1.82, 2.24) is 0 Å². The lowest BCUT2D eigenvalue weighted by atomic mass is 10.1. The number of hydrogen-bond donors (Lipinski definition) is 1. The highest BCUT2D eigenvalue weighted by Crippen LogP contribution is 2.30. The number of nitrogens with two attached hydrogens (primary N) is 1. The predicted molar refractivity (Wildman–Crippen MR) is 67.2 cm³/mol. The zero-order valence-corrected chi connectivity index (χ0v) is 10.7. The van der Waals surface area contributed by atoms with Crippen molar-refractivity contribution in [3.63, 3.8) is 0 Å². The third kappa shape index (κ3) is 2.12. The van der Waals surface area contributed by atoms with E-state index >= 15 is 0 Å². The van der Waals surface area contributed by atoms with Crippen molar-refractivity contribution in [2.24, 2.45) is 5.73 Å². The molecule has 0 fully saturated rings. The molecular weight excluding hydrogens is 309 g/mol. The van der Waals surface area contributed by atoms with Crippen LogP contribution in [0.4, 0.5) is 0 Å². The molecule has 1 aromatic heterocycles. The Labute approximate surface area is 101 Å². The SMILES string of the molecule is NC(C1=CCCCO1)c1sccc1I. The minimum Gasteiger partial charge on any atom is -0.496 e. The molecule has 0 amide bonds. The normalized spacial score (nSPS) is 18.6. The van der Waals surface area contributed by atoms with Crippen LogP contribution in [0.5, 0.6) is 0 Å². The van der Waals surface area contributed by atoms with Crippen molar-refractivity contribution in [3.05, 3.63) is 31.7 Å². The van der Waals surface area contributed by atoms with E-state index in [1.54, 1.807) is 11.3 Å². The summed E-state index contributed by atoms with van der Waals surface area (Å²) in [6, 6.07) is 2.02. The maximum absolute atomic E-state index is 6.13. The van der Waals surface area contributed by atoms with E-state index in [1.807, 2.05) is 0 Å². The molecule has 1 aliphatic rings. The Kier molecular flexibility index (Phi) is 3.46. The maximum atomic E-state index is 6.13. The van der Waals surface area contributed by atoms with Crippen LogP contribution in [-0.4, -0.2) is 6.61 Å². The van der Waals surface area contributed by atoms with E-state index < -0.39 is 0 Å². The van der Waals surface area contributed by atoms with Crippen LogP contribution in [0.2, 0.25) is 0 Å². The summed E-state index contributed by atoms with van der Waals surface area (Å²) in [6.07, 6.45) is 4.31. The lowest BCUT2D eigenvalue weighted by Crippen LogP contribution is -2.17. The molecule has 0 bridgehead atoms. The number of thiophene rings is 1. The summed E-state index contributed by atoms with van der Waals surface area (Å²) in [7, 11) is 0. The van der Waals surface area contributed by atoms with Crippen LogP contribution in [0.15, 0.2) is 23.3 Å². The molecule has 0 spiro atoms. The van der Waals surface area contributed by atoms with Crippen molar-refractivity contribution >= 4 is 33.9 Å². The zero-order chi connectivity index (χ0) is 9.97. The fourth-order valence-corrected chi connectivity index (χ4v) is 3.38. The summed E-state index contributed by atoms with van der Waals surface area (Å²) in [6.45, 7) is 0.807. The fraction of sp³-hybridized carbons (Fsp3) is 0.400. The topological polar surface area (TPSA) is 35.2 Å². The molecular formula is C10H12INOS. The van der Waals surface area contributed by atoms with E-state index in [2.05, 4.69) is 40.1 Å². The molecule has 14 heavy (non-hydrogen) atoms. The van der Waals surface area contributed by atoms with Gasteiger partial charge in [-0.1, -0.05) is 0 Å². The van der Waals surface area contributed by atoms with Crippen LogP contribution < -0.4 is 5.73 Å². The number of allylic oxidation sites excluding steroid dienone is 1. The molecule has 2 nitrogen and oxygen atoms in total. The highest BCUT2D eigenvalue weighted by molar-refractivity contribution is 14.1. The molecule has 0 aliphatic carbocycles. The largest absolute Gasteiger partial charge is 0.496 e. The van der Waals surface area contributed by atoms with Gasteiger partial charge in [0.05, 0.1) is 12.6 Å². The van der Waals surface area contributed by atoms with Gasteiger partial charge in [-0.3, -0.25) is 0 Å². The van der Waals surface area contributed by atoms with Gasteiger partial charge in [-0.05, 0) is 53.0 Å². The Morgan fingerprint density at radius 3 is 3.00 bits per heavy atom. The second-order valence-corrected chi connectivity index (χ2v) is 5.32. The van der Waals surface area contributed by atoms with Crippen LogP contribution in [0, 0.1) is 3.57 Å². The first-order valence-corrected chi connectivity index (χ1v) is 6.56. The Hall–Kier alpha value is -0.0700. The van der Waals surface area contributed by atoms with Gasteiger partial charge < -0.3 is 10.5 Å². The highest BCUT2D eigenvalue weighted by Gasteiger charge is 2.18. The molecule has 2 heterocycles. The summed E-state index contributed by atoms with van der Waals surface area (Å²) in [4.78, 5) is 1.21. The van der Waals surface area contributed by atoms with Gasteiger partial charge in [0.15, 0.2) is 0 Å². The highest BCUT2D eigenvalue weighted by atomic mass is 127. The summed E-state index contributed by atoms with van der Waals surface area (Å²) in [5.74, 6) is 0.941. The van der Waals surface area contributed by atoms with Crippen molar-refractivity contribution < 1.29 is 4.74 Å². The van der Waals surface area contributed by atoms with Gasteiger partial charge in [0.25, 0.3) is 0 Å². The standard InChI is InChI=1S/C10H12INOS/c11-7-4-6-14-10(7)9(12)8-3-1-2-5-13-8/h3-4,6,9H,1-2,5,12H2. The first-order valence-electron chi connectivity index (χ1n) is 4.60. The second-order valence-electron chi connectivity index (χ2n) is 3.21. The van der Waals surface area contributed by atoms with Gasteiger partial charge in [0.1, 0.15) is 5.76 Å². The summed E-state index contributed by atoms with van der Waals surface area (Å²) >= 11 is 4.01. The quantitative estimate of drug-likeness (QED) is 0.850. The third-order valence-electron chi connectivity index (χ3n) is 2.20. The predicted octanol–water partition coefficient (Wildman–Crippen LogP) is 3.05. The van der Waals surface area contributed by atoms with E-state index in [9.17, 15) is 0 Å². The Balaban J connectivity index is 2.19. The molecule has 0 radical (unpaired) electrons. The van der Waals surface area contributed by atoms with E-state index in [0.29, 0.717) is 0 Å². The molecule has 0 saturated heterocycles. The van der Waals surface area contributed by atoms with Gasteiger partial charge in [-0.15, -0.1) is 11.3 Å². The molecule has 1 aromatic rings. The van der Waals surface area contributed by atoms with Gasteiger partial charge in [0, 0.05) is 8.45 Å². The van der Waals surface area contributed by atoms with Crippen molar-refractivity contribution in [2.45, 2.75) is 18.9 Å². The van der Waals surface area contributed by atoms with Gasteiger partial charge in [-0.2, -0.15) is 0 Å². The minimum absolute atomic E-state index is 0.0674. The monoisotopic (exact) mass is 321 g/mol. The summed E-state index contributed by atoms with van der Waals surface area (Å²) < 4.78 is 6.79. The molecule has 0 saturated carbocycles. The number of hydrogen-bond acceptors (Lipinski definition) is 3. The summed E-state index contributed by atoms with van der Waals surface area (Å²) in [5, 5.41) is 2.07. The average molecular weight is 321 g/mol. The first-order chi connectivity index (χ1) is 6.79. The molecule has 2 N–H and O–H groups in total. The maximum Gasteiger partial charge on any atom is 0.114 e. The van der Waals surface area contributed by atoms with Crippen LogP contribution >= 0.6 is 33.9 Å². The molecule has 2 rings (SSSR count). The van der Waals surface area contributed by atoms with E-state index in [0.717, 1.165) is 25.2 Å². The van der Waals surface area contributed by atoms with Gasteiger partial charge in [0.2, 0.25) is 0 Å². The second kappa shape index (κ2) is 4.63. The smallest absolute Gasteiger partial charge is 0.114 e. The van der Waals surface area contributed by atoms with Crippen LogP contribution in [0.25, 0.3) is 0 Å².